The van der Waals surface area contributed by atoms with Crippen molar-refractivity contribution in [2.45, 2.75) is 26.4 Å². The summed E-state index contributed by atoms with van der Waals surface area (Å²) in [6, 6.07) is 20.9. The van der Waals surface area contributed by atoms with E-state index in [1.807, 2.05) is 30.3 Å². The molecule has 4 aromatic rings. The Bertz CT molecular complexity index is 1190. The molecule has 0 aliphatic carbocycles. The highest BCUT2D eigenvalue weighted by atomic mass is 35.5. The van der Waals surface area contributed by atoms with E-state index in [2.05, 4.69) is 29.2 Å². The first-order valence-electron chi connectivity index (χ1n) is 10.1. The molecule has 5 nitrogen and oxygen atoms in total. The van der Waals surface area contributed by atoms with Gasteiger partial charge in [0.2, 0.25) is 5.82 Å². The molecule has 0 amide bonds. The van der Waals surface area contributed by atoms with Gasteiger partial charge in [-0.3, -0.25) is 4.79 Å². The molecular weight excluding hydrogens is 412 g/mol. The van der Waals surface area contributed by atoms with Crippen LogP contribution in [0, 0.1) is 0 Å². The Morgan fingerprint density at radius 2 is 1.87 bits per heavy atom. The Hall–Kier alpha value is -3.44. The Morgan fingerprint density at radius 1 is 1.03 bits per heavy atom. The lowest BCUT2D eigenvalue weighted by atomic mass is 10.00. The average molecular weight is 433 g/mol. The maximum Gasteiger partial charge on any atom is 0.264 e. The first-order chi connectivity index (χ1) is 15.2. The molecule has 0 saturated carbocycles. The van der Waals surface area contributed by atoms with Gasteiger partial charge >= 0.3 is 0 Å². The molecule has 31 heavy (non-hydrogen) atoms. The van der Waals surface area contributed by atoms with E-state index in [0.717, 1.165) is 41.6 Å². The number of nitrogens with zero attached hydrogens (tertiary/aromatic N) is 2. The minimum absolute atomic E-state index is 0.139. The van der Waals surface area contributed by atoms with Gasteiger partial charge in [-0.2, -0.15) is 4.98 Å². The fraction of sp³-hybridized carbons (Fsp3) is 0.160. The smallest absolute Gasteiger partial charge is 0.264 e. The molecule has 0 fully saturated rings. The van der Waals surface area contributed by atoms with Crippen molar-refractivity contribution >= 4 is 17.9 Å². The van der Waals surface area contributed by atoms with Crippen molar-refractivity contribution in [3.05, 3.63) is 88.8 Å². The van der Waals surface area contributed by atoms with E-state index < -0.39 is 0 Å². The molecule has 0 saturated heterocycles. The van der Waals surface area contributed by atoms with Crippen molar-refractivity contribution in [2.75, 3.05) is 0 Å². The third-order valence-electron chi connectivity index (χ3n) is 4.84. The summed E-state index contributed by atoms with van der Waals surface area (Å²) in [4.78, 5) is 15.2. The van der Waals surface area contributed by atoms with Crippen LogP contribution in [-0.2, 0) is 13.0 Å². The van der Waals surface area contributed by atoms with Gasteiger partial charge in [0.05, 0.1) is 0 Å². The second kappa shape index (κ2) is 9.58. The number of hydrogen-bond acceptors (Lipinski definition) is 5. The van der Waals surface area contributed by atoms with Crippen LogP contribution in [0.2, 0.25) is 5.02 Å². The molecule has 0 radical (unpaired) electrons. The average Bonchev–Trinajstić information content (AvgIpc) is 3.27. The van der Waals surface area contributed by atoms with Crippen LogP contribution in [0.15, 0.2) is 71.3 Å². The molecule has 1 heterocycles. The largest absolute Gasteiger partial charge is 0.483 e. The minimum atomic E-state index is 0.139. The molecule has 0 unspecified atom stereocenters. The summed E-state index contributed by atoms with van der Waals surface area (Å²) in [6.07, 6.45) is 2.85. The molecule has 0 N–H and O–H groups in total. The number of rotatable bonds is 8. The number of aromatic nitrogens is 2. The Labute approximate surface area is 185 Å². The number of carbonyl (C=O) groups is 1. The van der Waals surface area contributed by atoms with Gasteiger partial charge in [0.25, 0.3) is 5.89 Å². The second-order valence-corrected chi connectivity index (χ2v) is 7.57. The van der Waals surface area contributed by atoms with Crippen molar-refractivity contribution in [3.63, 3.8) is 0 Å². The summed E-state index contributed by atoms with van der Waals surface area (Å²) in [5.74, 6) is 1.53. The van der Waals surface area contributed by atoms with Crippen molar-refractivity contribution in [3.8, 4) is 28.3 Å². The van der Waals surface area contributed by atoms with E-state index in [-0.39, 0.29) is 6.61 Å². The lowest BCUT2D eigenvalue weighted by molar-refractivity contribution is 0.112. The first kappa shape index (κ1) is 20.8. The van der Waals surface area contributed by atoms with Gasteiger partial charge in [-0.15, -0.1) is 0 Å². The maximum absolute atomic E-state index is 10.8. The number of ether oxygens (including phenoxy) is 1. The number of hydrogen-bond donors (Lipinski definition) is 0. The third-order valence-corrected chi connectivity index (χ3v) is 5.08. The number of halogens is 1. The fourth-order valence-electron chi connectivity index (χ4n) is 3.31. The lowest BCUT2D eigenvalue weighted by Crippen LogP contribution is -1.98. The zero-order chi connectivity index (χ0) is 21.6. The molecule has 0 bridgehead atoms. The van der Waals surface area contributed by atoms with Crippen molar-refractivity contribution in [2.24, 2.45) is 0 Å². The highest BCUT2D eigenvalue weighted by molar-refractivity contribution is 6.30. The Kier molecular flexibility index (Phi) is 6.43. The van der Waals surface area contributed by atoms with Crippen molar-refractivity contribution < 1.29 is 14.1 Å². The van der Waals surface area contributed by atoms with Gasteiger partial charge in [0, 0.05) is 21.7 Å². The van der Waals surface area contributed by atoms with E-state index in [0.29, 0.717) is 22.3 Å². The standard InChI is InChI=1S/C25H21ClN2O3/c1-2-4-17-9-12-23(22(13-17)20-5-3-6-21(26)14-20)30-16-24-27-25(28-31-24)19-10-7-18(15-29)8-11-19/h3,5-15H,2,4,16H2,1H3. The lowest BCUT2D eigenvalue weighted by Gasteiger charge is -2.13. The van der Waals surface area contributed by atoms with E-state index in [9.17, 15) is 4.79 Å². The molecule has 6 heteroatoms. The summed E-state index contributed by atoms with van der Waals surface area (Å²) >= 11 is 6.21. The molecule has 1 aromatic heterocycles. The molecule has 0 aliphatic rings. The third kappa shape index (κ3) is 5.01. The highest BCUT2D eigenvalue weighted by Crippen LogP contribution is 2.33. The summed E-state index contributed by atoms with van der Waals surface area (Å²) in [5, 5.41) is 4.69. The van der Waals surface area contributed by atoms with E-state index >= 15 is 0 Å². The van der Waals surface area contributed by atoms with E-state index in [1.165, 1.54) is 5.56 Å². The summed E-state index contributed by atoms with van der Waals surface area (Å²) in [5.41, 5.74) is 4.56. The topological polar surface area (TPSA) is 65.2 Å². The second-order valence-electron chi connectivity index (χ2n) is 7.13. The first-order valence-corrected chi connectivity index (χ1v) is 10.4. The summed E-state index contributed by atoms with van der Waals surface area (Å²) in [7, 11) is 0. The van der Waals surface area contributed by atoms with E-state index in [1.54, 1.807) is 24.3 Å². The van der Waals surface area contributed by atoms with Crippen LogP contribution >= 0.6 is 11.6 Å². The van der Waals surface area contributed by atoms with Gasteiger partial charge in [-0.05, 0) is 41.8 Å². The molecular formula is C25H21ClN2O3. The predicted molar refractivity (Wildman–Crippen MR) is 120 cm³/mol. The van der Waals surface area contributed by atoms with Crippen molar-refractivity contribution in [1.82, 2.24) is 10.1 Å². The SMILES string of the molecule is CCCc1ccc(OCc2nc(-c3ccc(C=O)cc3)no2)c(-c2cccc(Cl)c2)c1. The number of aldehydes is 1. The quantitative estimate of drug-likeness (QED) is 0.301. The van der Waals surface area contributed by atoms with Crippen LogP contribution in [0.3, 0.4) is 0 Å². The Morgan fingerprint density at radius 3 is 2.61 bits per heavy atom. The molecule has 0 aliphatic heterocycles. The van der Waals surface area contributed by atoms with Crippen LogP contribution in [0.5, 0.6) is 5.75 Å². The molecule has 0 atom stereocenters. The summed E-state index contributed by atoms with van der Waals surface area (Å²) in [6.45, 7) is 2.29. The molecule has 4 rings (SSSR count). The van der Waals surface area contributed by atoms with Gasteiger partial charge < -0.3 is 9.26 Å². The van der Waals surface area contributed by atoms with Crippen LogP contribution in [0.4, 0.5) is 0 Å². The van der Waals surface area contributed by atoms with Crippen molar-refractivity contribution in [1.29, 1.82) is 0 Å². The fourth-order valence-corrected chi connectivity index (χ4v) is 3.50. The number of benzene rings is 3. The van der Waals surface area contributed by atoms with Crippen LogP contribution in [0.1, 0.15) is 35.2 Å². The number of aryl methyl sites for hydroxylation is 1. The highest BCUT2D eigenvalue weighted by Gasteiger charge is 2.13. The molecule has 3 aromatic carbocycles. The zero-order valence-corrected chi connectivity index (χ0v) is 17.8. The molecule has 0 spiro atoms. The zero-order valence-electron chi connectivity index (χ0n) is 17.0. The monoisotopic (exact) mass is 432 g/mol. The number of carbonyl (C=O) groups excluding carboxylic acids is 1. The van der Waals surface area contributed by atoms with Crippen LogP contribution in [-0.4, -0.2) is 16.4 Å². The van der Waals surface area contributed by atoms with Gasteiger partial charge in [0.1, 0.15) is 12.0 Å². The van der Waals surface area contributed by atoms with Gasteiger partial charge in [-0.25, -0.2) is 0 Å². The predicted octanol–water partition coefficient (Wildman–Crippen LogP) is 6.40. The van der Waals surface area contributed by atoms with Gasteiger partial charge in [-0.1, -0.05) is 72.6 Å². The van der Waals surface area contributed by atoms with Gasteiger partial charge in [0.15, 0.2) is 6.61 Å². The summed E-state index contributed by atoms with van der Waals surface area (Å²) < 4.78 is 11.4. The minimum Gasteiger partial charge on any atom is -0.483 e. The maximum atomic E-state index is 10.8. The Balaban J connectivity index is 1.55. The van der Waals surface area contributed by atoms with E-state index in [4.69, 9.17) is 20.9 Å². The normalized spacial score (nSPS) is 10.8. The van der Waals surface area contributed by atoms with Crippen LogP contribution < -0.4 is 4.74 Å². The molecule has 156 valence electrons. The van der Waals surface area contributed by atoms with Crippen LogP contribution in [0.25, 0.3) is 22.5 Å².